The maximum absolute atomic E-state index is 11.8. The van der Waals surface area contributed by atoms with Crippen LogP contribution in [0.3, 0.4) is 0 Å². The molecular weight excluding hydrogens is 870 g/mol. The van der Waals surface area contributed by atoms with Crippen LogP contribution in [-0.4, -0.2) is 130 Å². The van der Waals surface area contributed by atoms with Crippen LogP contribution >= 0.6 is 15.9 Å². The lowest BCUT2D eigenvalue weighted by atomic mass is 10.0. The maximum Gasteiger partial charge on any atom is 0.335 e. The number of alkyl halides is 1. The fourth-order valence-electron chi connectivity index (χ4n) is 5.82. The molecule has 0 spiro atoms. The molecule has 0 aliphatic rings. The van der Waals surface area contributed by atoms with Crippen molar-refractivity contribution in [2.45, 2.75) is 135 Å². The first-order valence-electron chi connectivity index (χ1n) is 22.4. The molecule has 0 fully saturated rings. The van der Waals surface area contributed by atoms with Crippen molar-refractivity contribution >= 4 is 51.4 Å². The van der Waals surface area contributed by atoms with Gasteiger partial charge in [-0.2, -0.15) is 0 Å². The van der Waals surface area contributed by atoms with Crippen LogP contribution in [0.5, 0.6) is 5.75 Å². The van der Waals surface area contributed by atoms with E-state index in [1.54, 1.807) is 24.3 Å². The molecule has 62 heavy (non-hydrogen) atoms. The molecule has 5 N–H and O–H groups in total. The van der Waals surface area contributed by atoms with Crippen molar-refractivity contribution in [3.05, 3.63) is 29.8 Å². The molecule has 0 saturated carbocycles. The highest BCUT2D eigenvalue weighted by atomic mass is 79.9. The second-order valence-corrected chi connectivity index (χ2v) is 15.2. The lowest BCUT2D eigenvalue weighted by molar-refractivity contribution is -0.142. The molecule has 0 unspecified atom stereocenters. The fourth-order valence-corrected chi connectivity index (χ4v) is 6.02. The van der Waals surface area contributed by atoms with Gasteiger partial charge >= 0.3 is 11.9 Å². The molecule has 1 aromatic carbocycles. The summed E-state index contributed by atoms with van der Waals surface area (Å²) in [5.74, 6) is -1.77. The summed E-state index contributed by atoms with van der Waals surface area (Å²) in [7, 11) is 0. The van der Waals surface area contributed by atoms with Gasteiger partial charge in [-0.25, -0.2) is 9.59 Å². The Kier molecular flexibility index (Phi) is 40.1. The van der Waals surface area contributed by atoms with Gasteiger partial charge in [-0.15, -0.1) is 0 Å². The Hall–Kier alpha value is -3.64. The van der Waals surface area contributed by atoms with Gasteiger partial charge in [0.15, 0.2) is 5.78 Å². The van der Waals surface area contributed by atoms with Gasteiger partial charge in [-0.05, 0) is 76.6 Å². The third-order valence-corrected chi connectivity index (χ3v) is 9.76. The predicted octanol–water partition coefficient (Wildman–Crippen LogP) is 6.64. The first-order chi connectivity index (χ1) is 30.0. The van der Waals surface area contributed by atoms with E-state index in [1.807, 2.05) is 13.8 Å². The summed E-state index contributed by atoms with van der Waals surface area (Å²) in [4.78, 5) is 68.0. The standard InChI is InChI=1S/C26H43NO5.C19H33BrN2O8/c1-2-31-22-20-27-25(28)15-13-11-9-7-5-3-4-6-8-10-12-14-21-32-24-18-16-23(17-19-24)26(29)30;1-2-28-13-15(23)6-5-9-29-10-11-30-14-18(25)22-16(19(26)27)7-3-4-8-21-17(24)12-20/h16-19H,2-15,20-22H2,1H3,(H,27,28)(H,29,30);16H,2-14H2,1H3,(H,21,24)(H,22,25)(H,26,27)/t;16-/m.1/s1. The summed E-state index contributed by atoms with van der Waals surface area (Å²) < 4.78 is 26.4. The summed E-state index contributed by atoms with van der Waals surface area (Å²) in [6, 6.07) is 5.57. The minimum atomic E-state index is -1.12. The van der Waals surface area contributed by atoms with Gasteiger partial charge in [0.2, 0.25) is 17.7 Å². The Morgan fingerprint density at radius 2 is 1.16 bits per heavy atom. The first kappa shape index (κ1) is 58.4. The number of aromatic carboxylic acids is 1. The van der Waals surface area contributed by atoms with Crippen LogP contribution in [0.2, 0.25) is 0 Å². The number of Topliss-reactive ketones (excluding diaryl/α,β-unsaturated/α-hetero) is 1. The first-order valence-corrected chi connectivity index (χ1v) is 23.6. The van der Waals surface area contributed by atoms with Crippen molar-refractivity contribution in [3.63, 3.8) is 0 Å². The summed E-state index contributed by atoms with van der Waals surface area (Å²) >= 11 is 3.03. The number of unbranched alkanes of at least 4 members (excludes halogenated alkanes) is 12. The van der Waals surface area contributed by atoms with Crippen molar-refractivity contribution in [1.82, 2.24) is 16.0 Å². The third-order valence-electron chi connectivity index (χ3n) is 9.25. The third kappa shape index (κ3) is 38.1. The number of amides is 3. The SMILES string of the molecule is CCOCC(=O)CCCOCCOCC(=O)N[C@H](CCCCNC(=O)CBr)C(=O)O.CCOCCNC(=O)CCCCCCCCCCCCCCOc1ccc(C(=O)O)cc1. The van der Waals surface area contributed by atoms with Crippen LogP contribution in [0.4, 0.5) is 0 Å². The van der Waals surface area contributed by atoms with E-state index in [4.69, 9.17) is 28.8 Å². The number of nitrogens with one attached hydrogen (secondary N) is 3. The molecule has 356 valence electrons. The van der Waals surface area contributed by atoms with Crippen molar-refractivity contribution < 1.29 is 62.7 Å². The molecule has 3 amide bonds. The molecule has 17 heteroatoms. The number of benzene rings is 1. The summed E-state index contributed by atoms with van der Waals surface area (Å²) in [5, 5.41) is 26.3. The largest absolute Gasteiger partial charge is 0.494 e. The average Bonchev–Trinajstić information content (AvgIpc) is 3.26. The molecule has 0 radical (unpaired) electrons. The van der Waals surface area contributed by atoms with Crippen LogP contribution in [0.1, 0.15) is 140 Å². The molecule has 0 aliphatic heterocycles. The number of carboxylic acid groups (broad SMARTS) is 2. The molecule has 0 saturated heterocycles. The molecule has 0 bridgehead atoms. The molecule has 1 aromatic rings. The average molecular weight is 947 g/mol. The molecular formula is C45H76BrN3O13. The Morgan fingerprint density at radius 1 is 0.565 bits per heavy atom. The lowest BCUT2D eigenvalue weighted by Crippen LogP contribution is -2.42. The molecule has 0 aliphatic carbocycles. The molecule has 0 aromatic heterocycles. The zero-order valence-corrected chi connectivity index (χ0v) is 38.9. The summed E-state index contributed by atoms with van der Waals surface area (Å²) in [6.45, 7) is 8.07. The van der Waals surface area contributed by atoms with Crippen molar-refractivity contribution in [1.29, 1.82) is 0 Å². The normalized spacial score (nSPS) is 11.2. The Labute approximate surface area is 377 Å². The van der Waals surface area contributed by atoms with Crippen molar-refractivity contribution in [2.24, 2.45) is 0 Å². The number of halogens is 1. The van der Waals surface area contributed by atoms with Gasteiger partial charge in [-0.1, -0.05) is 80.1 Å². The number of rotatable bonds is 41. The number of carbonyl (C=O) groups is 6. The Morgan fingerprint density at radius 3 is 1.76 bits per heavy atom. The highest BCUT2D eigenvalue weighted by Crippen LogP contribution is 2.15. The molecule has 0 heterocycles. The summed E-state index contributed by atoms with van der Waals surface area (Å²) in [5.41, 5.74) is 0.283. The lowest BCUT2D eigenvalue weighted by Gasteiger charge is -2.14. The van der Waals surface area contributed by atoms with Crippen molar-refractivity contribution in [3.8, 4) is 5.75 Å². The van der Waals surface area contributed by atoms with Gasteiger partial charge < -0.3 is 49.8 Å². The van der Waals surface area contributed by atoms with Gasteiger partial charge in [0.05, 0.1) is 37.3 Å². The topological polar surface area (TPSA) is 225 Å². The number of carboxylic acids is 2. The second-order valence-electron chi connectivity index (χ2n) is 14.6. The zero-order valence-electron chi connectivity index (χ0n) is 37.4. The van der Waals surface area contributed by atoms with Gasteiger partial charge in [0.25, 0.3) is 0 Å². The van der Waals surface area contributed by atoms with E-state index in [1.165, 1.54) is 57.8 Å². The molecule has 16 nitrogen and oxygen atoms in total. The van der Waals surface area contributed by atoms with E-state index in [-0.39, 0.29) is 61.3 Å². The number of ether oxygens (including phenoxy) is 5. The molecule has 1 atom stereocenters. The number of hydrogen-bond donors (Lipinski definition) is 5. The highest BCUT2D eigenvalue weighted by molar-refractivity contribution is 9.09. The van der Waals surface area contributed by atoms with E-state index in [0.717, 1.165) is 25.0 Å². The number of hydrogen-bond acceptors (Lipinski definition) is 11. The number of ketones is 1. The van der Waals surface area contributed by atoms with Gasteiger partial charge in [0, 0.05) is 45.8 Å². The highest BCUT2D eigenvalue weighted by Gasteiger charge is 2.19. The Balaban J connectivity index is 0.00000120. The van der Waals surface area contributed by atoms with Crippen LogP contribution in [0, 0.1) is 0 Å². The minimum absolute atomic E-state index is 0.0324. The van der Waals surface area contributed by atoms with E-state index >= 15 is 0 Å². The van der Waals surface area contributed by atoms with Crippen LogP contribution in [-0.2, 0) is 42.9 Å². The number of aliphatic carboxylic acids is 1. The van der Waals surface area contributed by atoms with Crippen molar-refractivity contribution in [2.75, 3.05) is 77.9 Å². The second kappa shape index (κ2) is 42.7. The maximum atomic E-state index is 11.8. The summed E-state index contributed by atoms with van der Waals surface area (Å²) in [6.07, 6.45) is 17.6. The van der Waals surface area contributed by atoms with E-state index < -0.39 is 23.9 Å². The Bertz CT molecular complexity index is 1320. The van der Waals surface area contributed by atoms with E-state index in [9.17, 15) is 33.9 Å². The minimum Gasteiger partial charge on any atom is -0.494 e. The van der Waals surface area contributed by atoms with Gasteiger partial charge in [0.1, 0.15) is 25.0 Å². The van der Waals surface area contributed by atoms with E-state index in [0.29, 0.717) is 78.2 Å². The smallest absolute Gasteiger partial charge is 0.335 e. The number of carbonyl (C=O) groups excluding carboxylic acids is 4. The van der Waals surface area contributed by atoms with Crippen LogP contribution in [0.25, 0.3) is 0 Å². The molecule has 1 rings (SSSR count). The monoisotopic (exact) mass is 945 g/mol. The van der Waals surface area contributed by atoms with E-state index in [2.05, 4.69) is 31.9 Å². The van der Waals surface area contributed by atoms with Crippen LogP contribution in [0.15, 0.2) is 24.3 Å². The zero-order chi connectivity index (χ0) is 45.9. The quantitative estimate of drug-likeness (QED) is 0.0343. The predicted molar refractivity (Wildman–Crippen MR) is 241 cm³/mol. The fraction of sp³-hybridized carbons (Fsp3) is 0.733. The van der Waals surface area contributed by atoms with Crippen LogP contribution < -0.4 is 20.7 Å². The van der Waals surface area contributed by atoms with Gasteiger partial charge in [-0.3, -0.25) is 19.2 Å².